The lowest BCUT2D eigenvalue weighted by Gasteiger charge is -2.19. The third kappa shape index (κ3) is 7.53. The Morgan fingerprint density at radius 2 is 0.742 bits per heavy atom. The first-order chi connectivity index (χ1) is 14.6. The highest BCUT2D eigenvalue weighted by atomic mass is 16.5. The predicted molar refractivity (Wildman–Crippen MR) is 130 cm³/mol. The molecule has 31 heavy (non-hydrogen) atoms. The van der Waals surface area contributed by atoms with Gasteiger partial charge in [-0.1, -0.05) is 90.1 Å². The molecule has 0 spiro atoms. The lowest BCUT2D eigenvalue weighted by Crippen LogP contribution is -2.10. The minimum absolute atomic E-state index is 0.155. The van der Waals surface area contributed by atoms with Crippen LogP contribution in [-0.2, 0) is 20.4 Å². The minimum atomic E-state index is 0.155. The van der Waals surface area contributed by atoms with Crippen LogP contribution in [0, 0.1) is 0 Å². The van der Waals surface area contributed by atoms with E-state index >= 15 is 0 Å². The standard InChI is InChI=1S/C26H30O.2CH2O/c1-25(2,3)21-11-7-19(8-12-21)20-9-15-23(16-10-20)27-24-17-13-22(14-18-24)26(4,5)6;2*1-2/h7-18H,1-6H3;2*1H2. The molecule has 0 aliphatic carbocycles. The number of hydrogen-bond acceptors (Lipinski definition) is 3. The van der Waals surface area contributed by atoms with E-state index in [1.807, 2.05) is 37.8 Å². The Morgan fingerprint density at radius 1 is 0.484 bits per heavy atom. The third-order valence-electron chi connectivity index (χ3n) is 4.89. The minimum Gasteiger partial charge on any atom is -0.457 e. The maximum absolute atomic E-state index is 8.00. The van der Waals surface area contributed by atoms with Crippen LogP contribution in [0.15, 0.2) is 72.8 Å². The number of hydrogen-bond donors (Lipinski definition) is 0. The first-order valence-corrected chi connectivity index (χ1v) is 10.2. The van der Waals surface area contributed by atoms with Crippen LogP contribution < -0.4 is 4.74 Å². The molecule has 0 amide bonds. The first-order valence-electron chi connectivity index (χ1n) is 10.2. The van der Waals surface area contributed by atoms with E-state index in [9.17, 15) is 0 Å². The second-order valence-electron chi connectivity index (χ2n) is 9.23. The largest absolute Gasteiger partial charge is 0.457 e. The van der Waals surface area contributed by atoms with E-state index in [2.05, 4.69) is 90.1 Å². The Balaban J connectivity index is 0.00000113. The van der Waals surface area contributed by atoms with Crippen molar-refractivity contribution >= 4 is 13.6 Å². The molecule has 0 atom stereocenters. The molecule has 0 saturated carbocycles. The van der Waals surface area contributed by atoms with Gasteiger partial charge in [-0.2, -0.15) is 0 Å². The Morgan fingerprint density at radius 3 is 1.06 bits per heavy atom. The maximum Gasteiger partial charge on any atom is 0.127 e. The highest BCUT2D eigenvalue weighted by molar-refractivity contribution is 5.64. The molecule has 0 fully saturated rings. The van der Waals surface area contributed by atoms with Gasteiger partial charge in [-0.15, -0.1) is 0 Å². The van der Waals surface area contributed by atoms with Crippen LogP contribution >= 0.6 is 0 Å². The van der Waals surface area contributed by atoms with E-state index in [1.54, 1.807) is 0 Å². The van der Waals surface area contributed by atoms with Crippen molar-refractivity contribution in [1.29, 1.82) is 0 Å². The van der Waals surface area contributed by atoms with E-state index in [0.717, 1.165) is 11.5 Å². The van der Waals surface area contributed by atoms with Gasteiger partial charge in [-0.3, -0.25) is 0 Å². The highest BCUT2D eigenvalue weighted by Gasteiger charge is 2.14. The van der Waals surface area contributed by atoms with Gasteiger partial charge in [-0.25, -0.2) is 0 Å². The second-order valence-corrected chi connectivity index (χ2v) is 9.23. The van der Waals surface area contributed by atoms with Gasteiger partial charge in [0.05, 0.1) is 0 Å². The van der Waals surface area contributed by atoms with Crippen molar-refractivity contribution in [3.05, 3.63) is 83.9 Å². The molecule has 0 aliphatic heterocycles. The van der Waals surface area contributed by atoms with Crippen molar-refractivity contribution in [2.45, 2.75) is 52.4 Å². The van der Waals surface area contributed by atoms with Gasteiger partial charge in [-0.05, 0) is 57.3 Å². The van der Waals surface area contributed by atoms with Crippen molar-refractivity contribution in [2.75, 3.05) is 0 Å². The molecule has 0 radical (unpaired) electrons. The van der Waals surface area contributed by atoms with Crippen LogP contribution in [-0.4, -0.2) is 13.6 Å². The van der Waals surface area contributed by atoms with Crippen LogP contribution in [0.4, 0.5) is 0 Å². The number of carbonyl (C=O) groups excluding carboxylic acids is 2. The lowest BCUT2D eigenvalue weighted by molar-refractivity contribution is -0.0987. The Labute approximate surface area is 187 Å². The van der Waals surface area contributed by atoms with E-state index in [-0.39, 0.29) is 10.8 Å². The van der Waals surface area contributed by atoms with Gasteiger partial charge in [0.2, 0.25) is 0 Å². The van der Waals surface area contributed by atoms with Crippen LogP contribution in [0.1, 0.15) is 52.7 Å². The molecule has 0 unspecified atom stereocenters. The summed E-state index contributed by atoms with van der Waals surface area (Å²) in [4.78, 5) is 16.0. The summed E-state index contributed by atoms with van der Waals surface area (Å²) in [6.07, 6.45) is 0. The van der Waals surface area contributed by atoms with Crippen molar-refractivity contribution in [1.82, 2.24) is 0 Å². The number of benzene rings is 3. The zero-order chi connectivity index (χ0) is 23.7. The average molecular weight is 419 g/mol. The van der Waals surface area contributed by atoms with Crippen LogP contribution in [0.2, 0.25) is 0 Å². The van der Waals surface area contributed by atoms with E-state index in [0.29, 0.717) is 0 Å². The summed E-state index contributed by atoms with van der Waals surface area (Å²) in [6, 6.07) is 25.5. The molecule has 0 saturated heterocycles. The fourth-order valence-corrected chi connectivity index (χ4v) is 3.04. The molecule has 0 N–H and O–H groups in total. The molecule has 164 valence electrons. The fraction of sp³-hybridized carbons (Fsp3) is 0.286. The zero-order valence-corrected chi connectivity index (χ0v) is 19.6. The van der Waals surface area contributed by atoms with Crippen LogP contribution in [0.3, 0.4) is 0 Å². The van der Waals surface area contributed by atoms with Crippen molar-refractivity contribution in [2.24, 2.45) is 0 Å². The van der Waals surface area contributed by atoms with E-state index in [1.165, 1.54) is 22.3 Å². The molecule has 3 nitrogen and oxygen atoms in total. The zero-order valence-electron chi connectivity index (χ0n) is 19.6. The molecule has 3 aromatic carbocycles. The molecular weight excluding hydrogens is 384 g/mol. The molecule has 0 heterocycles. The van der Waals surface area contributed by atoms with Crippen molar-refractivity contribution in [3.63, 3.8) is 0 Å². The van der Waals surface area contributed by atoms with Crippen LogP contribution in [0.5, 0.6) is 11.5 Å². The van der Waals surface area contributed by atoms with Crippen molar-refractivity contribution < 1.29 is 14.3 Å². The predicted octanol–water partition coefficient (Wildman–Crippen LogP) is 7.37. The molecule has 0 aliphatic rings. The number of ether oxygens (including phenoxy) is 1. The Kier molecular flexibility index (Phi) is 9.39. The summed E-state index contributed by atoms with van der Waals surface area (Å²) in [5, 5.41) is 0. The summed E-state index contributed by atoms with van der Waals surface area (Å²) in [7, 11) is 0. The van der Waals surface area contributed by atoms with E-state index < -0.39 is 0 Å². The Hall–Kier alpha value is -3.20. The second kappa shape index (κ2) is 11.3. The molecule has 0 aromatic heterocycles. The maximum atomic E-state index is 8.00. The van der Waals surface area contributed by atoms with Crippen molar-refractivity contribution in [3.8, 4) is 22.6 Å². The Bertz CT molecular complexity index is 908. The molecular formula is C28H34O3. The molecule has 3 rings (SSSR count). The van der Waals surface area contributed by atoms with Crippen LogP contribution in [0.25, 0.3) is 11.1 Å². The van der Waals surface area contributed by atoms with Gasteiger partial charge in [0.25, 0.3) is 0 Å². The van der Waals surface area contributed by atoms with Gasteiger partial charge in [0.15, 0.2) is 0 Å². The van der Waals surface area contributed by atoms with Gasteiger partial charge in [0.1, 0.15) is 25.1 Å². The summed E-state index contributed by atoms with van der Waals surface area (Å²) in [5.41, 5.74) is 5.42. The van der Waals surface area contributed by atoms with Gasteiger partial charge < -0.3 is 14.3 Å². The molecule has 3 heteroatoms. The summed E-state index contributed by atoms with van der Waals surface area (Å²) in [5.74, 6) is 1.72. The lowest BCUT2D eigenvalue weighted by atomic mass is 9.86. The SMILES string of the molecule is C=O.C=O.CC(C)(C)c1ccc(Oc2ccc(-c3ccc(C(C)(C)C)cc3)cc2)cc1. The quantitative estimate of drug-likeness (QED) is 0.446. The van der Waals surface area contributed by atoms with Gasteiger partial charge in [0, 0.05) is 0 Å². The fourth-order valence-electron chi connectivity index (χ4n) is 3.04. The summed E-state index contributed by atoms with van der Waals surface area (Å²) in [6.45, 7) is 17.4. The third-order valence-corrected chi connectivity index (χ3v) is 4.89. The smallest absolute Gasteiger partial charge is 0.127 e. The average Bonchev–Trinajstić information content (AvgIpc) is 2.76. The highest BCUT2D eigenvalue weighted by Crippen LogP contribution is 2.30. The summed E-state index contributed by atoms with van der Waals surface area (Å²) < 4.78 is 6.00. The van der Waals surface area contributed by atoms with E-state index in [4.69, 9.17) is 14.3 Å². The molecule has 3 aromatic rings. The topological polar surface area (TPSA) is 43.4 Å². The molecule has 0 bridgehead atoms. The summed E-state index contributed by atoms with van der Waals surface area (Å²) >= 11 is 0. The first kappa shape index (κ1) is 25.8. The monoisotopic (exact) mass is 418 g/mol. The number of rotatable bonds is 3. The normalized spacial score (nSPS) is 10.8. The van der Waals surface area contributed by atoms with Gasteiger partial charge >= 0.3 is 0 Å². The number of carbonyl (C=O) groups is 2.